The molecule has 2 aliphatic rings. The summed E-state index contributed by atoms with van der Waals surface area (Å²) >= 11 is 0. The lowest BCUT2D eigenvalue weighted by atomic mass is 9.71. The largest absolute Gasteiger partial charge is 0.383 e. The average molecular weight is 392 g/mol. The Hall–Kier alpha value is -1.97. The SMILES string of the molecule is CCc1ccccc1C(=O)CC(c1ccccc1)C12CCC(CC1)N2CCOC. The third-order valence-corrected chi connectivity index (χ3v) is 7.31. The van der Waals surface area contributed by atoms with Gasteiger partial charge in [0.2, 0.25) is 0 Å². The van der Waals surface area contributed by atoms with E-state index >= 15 is 0 Å². The van der Waals surface area contributed by atoms with E-state index in [1.54, 1.807) is 7.11 Å². The van der Waals surface area contributed by atoms with Crippen molar-refractivity contribution in [3.8, 4) is 0 Å². The number of ether oxygens (including phenoxy) is 1. The van der Waals surface area contributed by atoms with Gasteiger partial charge in [-0.25, -0.2) is 0 Å². The standard InChI is InChI=1S/C26H33NO2/c1-3-20-9-7-8-12-23(20)25(28)19-24(21-10-5-4-6-11-21)26-15-13-22(14-16-26)27(26)17-18-29-2/h4-12,22,24H,3,13-19H2,1-2H3. The Kier molecular flexibility index (Phi) is 6.17. The van der Waals surface area contributed by atoms with Crippen LogP contribution in [-0.4, -0.2) is 42.5 Å². The van der Waals surface area contributed by atoms with E-state index in [-0.39, 0.29) is 17.2 Å². The molecule has 3 heteroatoms. The first kappa shape index (κ1) is 20.3. The Labute approximate surface area is 175 Å². The minimum absolute atomic E-state index is 0.0847. The number of ketones is 1. The molecule has 0 amide bonds. The number of fused-ring (bicyclic) bond motifs is 2. The molecule has 0 saturated carbocycles. The molecular formula is C26H33NO2. The molecule has 2 aromatic rings. The van der Waals surface area contributed by atoms with Crippen molar-refractivity contribution in [2.24, 2.45) is 0 Å². The molecular weight excluding hydrogens is 358 g/mol. The van der Waals surface area contributed by atoms with Crippen LogP contribution in [0.15, 0.2) is 54.6 Å². The smallest absolute Gasteiger partial charge is 0.163 e. The number of methoxy groups -OCH3 is 1. The minimum Gasteiger partial charge on any atom is -0.383 e. The zero-order valence-corrected chi connectivity index (χ0v) is 17.8. The Morgan fingerprint density at radius 1 is 1.10 bits per heavy atom. The van der Waals surface area contributed by atoms with Crippen LogP contribution in [0.1, 0.15) is 66.4 Å². The van der Waals surface area contributed by atoms with E-state index in [0.717, 1.165) is 30.7 Å². The first-order chi connectivity index (χ1) is 14.2. The second kappa shape index (κ2) is 8.81. The van der Waals surface area contributed by atoms with Crippen LogP contribution in [0.2, 0.25) is 0 Å². The predicted octanol–water partition coefficient (Wildman–Crippen LogP) is 5.25. The number of hydrogen-bond acceptors (Lipinski definition) is 3. The average Bonchev–Trinajstić information content (AvgIpc) is 3.31. The monoisotopic (exact) mass is 391 g/mol. The van der Waals surface area contributed by atoms with Crippen LogP contribution in [0.4, 0.5) is 0 Å². The van der Waals surface area contributed by atoms with Crippen LogP contribution in [0.3, 0.4) is 0 Å². The molecule has 2 fully saturated rings. The van der Waals surface area contributed by atoms with Gasteiger partial charge in [0.25, 0.3) is 0 Å². The molecule has 29 heavy (non-hydrogen) atoms. The second-order valence-electron chi connectivity index (χ2n) is 8.62. The quantitative estimate of drug-likeness (QED) is 0.547. The third kappa shape index (κ3) is 3.78. The second-order valence-corrected chi connectivity index (χ2v) is 8.62. The molecule has 0 radical (unpaired) electrons. The fourth-order valence-electron chi connectivity index (χ4n) is 5.91. The molecule has 3 nitrogen and oxygen atoms in total. The number of nitrogens with zero attached hydrogens (tertiary/aromatic N) is 1. The highest BCUT2D eigenvalue weighted by Gasteiger charge is 2.55. The van der Waals surface area contributed by atoms with Gasteiger partial charge in [0.1, 0.15) is 0 Å². The topological polar surface area (TPSA) is 29.5 Å². The van der Waals surface area contributed by atoms with Gasteiger partial charge < -0.3 is 4.74 Å². The van der Waals surface area contributed by atoms with Gasteiger partial charge in [0, 0.05) is 43.1 Å². The molecule has 2 aliphatic heterocycles. The van der Waals surface area contributed by atoms with Gasteiger partial charge in [-0.3, -0.25) is 9.69 Å². The maximum Gasteiger partial charge on any atom is 0.163 e. The Morgan fingerprint density at radius 3 is 2.48 bits per heavy atom. The lowest BCUT2D eigenvalue weighted by Gasteiger charge is -2.42. The zero-order valence-electron chi connectivity index (χ0n) is 17.8. The first-order valence-corrected chi connectivity index (χ1v) is 11.1. The lowest BCUT2D eigenvalue weighted by molar-refractivity contribution is 0.0716. The van der Waals surface area contributed by atoms with Crippen molar-refractivity contribution in [3.05, 3.63) is 71.3 Å². The number of carbonyl (C=O) groups excluding carboxylic acids is 1. The Morgan fingerprint density at radius 2 is 1.79 bits per heavy atom. The van der Waals surface area contributed by atoms with Crippen LogP contribution in [0.25, 0.3) is 0 Å². The summed E-state index contributed by atoms with van der Waals surface area (Å²) in [5.41, 5.74) is 3.46. The van der Waals surface area contributed by atoms with Gasteiger partial charge in [0.15, 0.2) is 5.78 Å². The van der Waals surface area contributed by atoms with E-state index in [1.165, 1.54) is 31.2 Å². The summed E-state index contributed by atoms with van der Waals surface area (Å²) in [6, 6.07) is 19.5. The summed E-state index contributed by atoms with van der Waals surface area (Å²) in [5, 5.41) is 0. The lowest BCUT2D eigenvalue weighted by Crippen LogP contribution is -2.48. The molecule has 154 valence electrons. The fourth-order valence-corrected chi connectivity index (χ4v) is 5.91. The maximum absolute atomic E-state index is 13.5. The van der Waals surface area contributed by atoms with Crippen LogP contribution in [-0.2, 0) is 11.2 Å². The van der Waals surface area contributed by atoms with Gasteiger partial charge in [-0.2, -0.15) is 0 Å². The zero-order chi connectivity index (χ0) is 20.3. The molecule has 2 bridgehead atoms. The molecule has 0 aromatic heterocycles. The normalized spacial score (nSPS) is 24.7. The summed E-state index contributed by atoms with van der Waals surface area (Å²) in [7, 11) is 1.78. The molecule has 4 rings (SSSR count). The van der Waals surface area contributed by atoms with E-state index in [1.807, 2.05) is 18.2 Å². The molecule has 2 heterocycles. The summed E-state index contributed by atoms with van der Waals surface area (Å²) in [5.74, 6) is 0.512. The van der Waals surface area contributed by atoms with E-state index in [9.17, 15) is 4.79 Å². The maximum atomic E-state index is 13.5. The van der Waals surface area contributed by atoms with Crippen molar-refractivity contribution < 1.29 is 9.53 Å². The molecule has 2 saturated heterocycles. The van der Waals surface area contributed by atoms with Crippen LogP contribution in [0, 0.1) is 0 Å². The molecule has 0 N–H and O–H groups in total. The number of carbonyl (C=O) groups is 1. The van der Waals surface area contributed by atoms with Crippen molar-refractivity contribution >= 4 is 5.78 Å². The highest BCUT2D eigenvalue weighted by molar-refractivity contribution is 5.98. The highest BCUT2D eigenvalue weighted by Crippen LogP contribution is 2.54. The van der Waals surface area contributed by atoms with Crippen LogP contribution < -0.4 is 0 Å². The molecule has 0 aliphatic carbocycles. The van der Waals surface area contributed by atoms with Crippen molar-refractivity contribution in [1.29, 1.82) is 0 Å². The highest BCUT2D eigenvalue weighted by atomic mass is 16.5. The van der Waals surface area contributed by atoms with Gasteiger partial charge in [0.05, 0.1) is 6.61 Å². The summed E-state index contributed by atoms with van der Waals surface area (Å²) in [6.45, 7) is 3.85. The molecule has 0 spiro atoms. The number of hydrogen-bond donors (Lipinski definition) is 0. The number of aryl methyl sites for hydroxylation is 1. The first-order valence-electron chi connectivity index (χ1n) is 11.1. The molecule has 1 unspecified atom stereocenters. The molecule has 1 atom stereocenters. The summed E-state index contributed by atoms with van der Waals surface area (Å²) in [6.07, 6.45) is 6.33. The van der Waals surface area contributed by atoms with Gasteiger partial charge in [-0.05, 0) is 43.2 Å². The Bertz CT molecular complexity index is 824. The number of Topliss-reactive ketones (excluding diaryl/α,β-unsaturated/α-hetero) is 1. The third-order valence-electron chi connectivity index (χ3n) is 7.31. The molecule has 2 aromatic carbocycles. The fraction of sp³-hybridized carbons (Fsp3) is 0.500. The van der Waals surface area contributed by atoms with Crippen molar-refractivity contribution in [2.75, 3.05) is 20.3 Å². The van der Waals surface area contributed by atoms with E-state index in [4.69, 9.17) is 4.74 Å². The number of benzene rings is 2. The number of rotatable bonds is 9. The van der Waals surface area contributed by atoms with Crippen LogP contribution >= 0.6 is 0 Å². The minimum atomic E-state index is 0.0847. The van der Waals surface area contributed by atoms with Gasteiger partial charge >= 0.3 is 0 Å². The van der Waals surface area contributed by atoms with Gasteiger partial charge in [-0.1, -0.05) is 61.5 Å². The van der Waals surface area contributed by atoms with Crippen molar-refractivity contribution in [3.63, 3.8) is 0 Å². The van der Waals surface area contributed by atoms with Crippen molar-refractivity contribution in [2.45, 2.75) is 62.9 Å². The Balaban J connectivity index is 1.69. The van der Waals surface area contributed by atoms with Crippen LogP contribution in [0.5, 0.6) is 0 Å². The summed E-state index contributed by atoms with van der Waals surface area (Å²) < 4.78 is 5.43. The van der Waals surface area contributed by atoms with E-state index < -0.39 is 0 Å². The van der Waals surface area contributed by atoms with E-state index in [0.29, 0.717) is 12.5 Å². The van der Waals surface area contributed by atoms with E-state index in [2.05, 4.69) is 48.2 Å². The van der Waals surface area contributed by atoms with Crippen molar-refractivity contribution in [1.82, 2.24) is 4.90 Å². The summed E-state index contributed by atoms with van der Waals surface area (Å²) in [4.78, 5) is 16.2. The van der Waals surface area contributed by atoms with Gasteiger partial charge in [-0.15, -0.1) is 0 Å². The predicted molar refractivity (Wildman–Crippen MR) is 118 cm³/mol.